The SMILES string of the molecule is c1ccc(C2(c3ccccc3)c3ccccc3-c3ccc(-c4cc(-c5ccc(-c6ccc7oc8ccccc8c7c6)cc5)nc(-c5cccc(-c6ccncc6)c5)n4)cc32)cc1. The molecule has 12 rings (SSSR count). The van der Waals surface area contributed by atoms with Gasteiger partial charge in [-0.05, 0) is 104 Å². The van der Waals surface area contributed by atoms with Gasteiger partial charge < -0.3 is 4.42 Å². The van der Waals surface area contributed by atoms with E-state index in [-0.39, 0.29) is 0 Å². The Morgan fingerprint density at radius 2 is 0.919 bits per heavy atom. The van der Waals surface area contributed by atoms with Gasteiger partial charge in [0.15, 0.2) is 5.82 Å². The Morgan fingerprint density at radius 3 is 1.71 bits per heavy atom. The van der Waals surface area contributed by atoms with Crippen LogP contribution in [0.3, 0.4) is 0 Å². The molecule has 0 N–H and O–H groups in total. The minimum atomic E-state index is -0.524. The van der Waals surface area contributed by atoms with Crippen LogP contribution in [0.1, 0.15) is 22.3 Å². The molecule has 0 unspecified atom stereocenters. The molecule has 8 aromatic carbocycles. The van der Waals surface area contributed by atoms with Crippen molar-refractivity contribution in [3.63, 3.8) is 0 Å². The van der Waals surface area contributed by atoms with E-state index in [2.05, 4.69) is 193 Å². The summed E-state index contributed by atoms with van der Waals surface area (Å²) in [6, 6.07) is 75.6. The lowest BCUT2D eigenvalue weighted by atomic mass is 9.67. The van der Waals surface area contributed by atoms with Crippen LogP contribution in [0.25, 0.3) is 89.2 Å². The summed E-state index contributed by atoms with van der Waals surface area (Å²) in [6.07, 6.45) is 3.65. The number of aromatic nitrogens is 3. The second kappa shape index (κ2) is 14.5. The summed E-state index contributed by atoms with van der Waals surface area (Å²) in [5, 5.41) is 2.23. The lowest BCUT2D eigenvalue weighted by Gasteiger charge is -2.34. The van der Waals surface area contributed by atoms with Gasteiger partial charge in [-0.1, -0.05) is 164 Å². The third-order valence-electron chi connectivity index (χ3n) is 12.5. The molecule has 4 heteroatoms. The largest absolute Gasteiger partial charge is 0.456 e. The molecule has 0 radical (unpaired) electrons. The van der Waals surface area contributed by atoms with Gasteiger partial charge in [-0.15, -0.1) is 0 Å². The smallest absolute Gasteiger partial charge is 0.160 e. The highest BCUT2D eigenvalue weighted by molar-refractivity contribution is 6.06. The monoisotopic (exact) mass is 791 g/mol. The summed E-state index contributed by atoms with van der Waals surface area (Å²) in [4.78, 5) is 14.9. The molecule has 0 spiro atoms. The molecule has 0 fully saturated rings. The highest BCUT2D eigenvalue weighted by atomic mass is 16.3. The van der Waals surface area contributed by atoms with Crippen LogP contribution in [-0.4, -0.2) is 15.0 Å². The van der Waals surface area contributed by atoms with Crippen molar-refractivity contribution in [1.29, 1.82) is 0 Å². The fourth-order valence-electron chi connectivity index (χ4n) is 9.60. The molecule has 0 amide bonds. The van der Waals surface area contributed by atoms with Crippen molar-refractivity contribution in [1.82, 2.24) is 15.0 Å². The number of furan rings is 1. The van der Waals surface area contributed by atoms with Crippen LogP contribution in [0.5, 0.6) is 0 Å². The first-order chi connectivity index (χ1) is 30.7. The summed E-state index contributed by atoms with van der Waals surface area (Å²) < 4.78 is 6.13. The normalized spacial score (nSPS) is 12.6. The Labute approximate surface area is 359 Å². The molecule has 0 bridgehead atoms. The predicted octanol–water partition coefficient (Wildman–Crippen LogP) is 14.5. The molecule has 3 aromatic heterocycles. The Bertz CT molecular complexity index is 3410. The maximum absolute atomic E-state index is 6.13. The number of hydrogen-bond donors (Lipinski definition) is 0. The van der Waals surface area contributed by atoms with Crippen LogP contribution in [-0.2, 0) is 5.41 Å². The number of pyridine rings is 1. The van der Waals surface area contributed by atoms with Gasteiger partial charge in [0.1, 0.15) is 11.2 Å². The van der Waals surface area contributed by atoms with Crippen molar-refractivity contribution in [3.8, 4) is 67.3 Å². The topological polar surface area (TPSA) is 51.8 Å². The summed E-state index contributed by atoms with van der Waals surface area (Å²) in [6.45, 7) is 0. The fourth-order valence-corrected chi connectivity index (χ4v) is 9.60. The Kier molecular flexibility index (Phi) is 8.36. The fraction of sp³-hybridized carbons (Fsp3) is 0.0172. The standard InChI is InChI=1S/C58H37N3O/c1-3-14-45(15-4-1)58(46-16-5-2-6-17-46)51-20-9-7-18-47(51)48-28-26-43(36-52(48)58)54-37-53(60-57(61-54)44-13-11-12-41(34-44)39-30-32-59-33-31-39)40-24-22-38(23-25-40)42-27-29-56-50(35-42)49-19-8-10-21-55(49)62-56/h1-37H. The summed E-state index contributed by atoms with van der Waals surface area (Å²) >= 11 is 0. The third-order valence-corrected chi connectivity index (χ3v) is 12.5. The minimum absolute atomic E-state index is 0.524. The van der Waals surface area contributed by atoms with Crippen molar-refractivity contribution < 1.29 is 4.42 Å². The summed E-state index contributed by atoms with van der Waals surface area (Å²) in [5.74, 6) is 0.663. The zero-order valence-electron chi connectivity index (χ0n) is 33.6. The molecule has 290 valence electrons. The zero-order valence-corrected chi connectivity index (χ0v) is 33.6. The highest BCUT2D eigenvalue weighted by Gasteiger charge is 2.46. The summed E-state index contributed by atoms with van der Waals surface area (Å²) in [7, 11) is 0. The molecule has 0 atom stereocenters. The van der Waals surface area contributed by atoms with Crippen LogP contribution < -0.4 is 0 Å². The average molecular weight is 792 g/mol. The summed E-state index contributed by atoms with van der Waals surface area (Å²) in [5.41, 5.74) is 17.8. The van der Waals surface area contributed by atoms with Crippen molar-refractivity contribution >= 4 is 21.9 Å². The molecular formula is C58H37N3O. The lowest BCUT2D eigenvalue weighted by Crippen LogP contribution is -2.28. The van der Waals surface area contributed by atoms with E-state index in [1.165, 1.54) is 33.4 Å². The number of rotatable bonds is 7. The van der Waals surface area contributed by atoms with E-state index >= 15 is 0 Å². The van der Waals surface area contributed by atoms with Crippen molar-refractivity contribution in [2.24, 2.45) is 0 Å². The number of nitrogens with zero attached hydrogens (tertiary/aromatic N) is 3. The van der Waals surface area contributed by atoms with Gasteiger partial charge in [0.2, 0.25) is 0 Å². The number of para-hydroxylation sites is 1. The zero-order chi connectivity index (χ0) is 41.0. The van der Waals surface area contributed by atoms with Gasteiger partial charge in [-0.2, -0.15) is 0 Å². The molecule has 4 nitrogen and oxygen atoms in total. The molecule has 0 saturated carbocycles. The first-order valence-corrected chi connectivity index (χ1v) is 21.0. The van der Waals surface area contributed by atoms with Crippen molar-refractivity contribution in [2.45, 2.75) is 5.41 Å². The van der Waals surface area contributed by atoms with E-state index in [0.717, 1.165) is 72.3 Å². The van der Waals surface area contributed by atoms with Crippen LogP contribution in [0, 0.1) is 0 Å². The Balaban J connectivity index is 1.03. The maximum atomic E-state index is 6.13. The first kappa shape index (κ1) is 35.7. The molecule has 62 heavy (non-hydrogen) atoms. The molecular weight excluding hydrogens is 755 g/mol. The molecule has 0 aliphatic heterocycles. The first-order valence-electron chi connectivity index (χ1n) is 21.0. The number of hydrogen-bond acceptors (Lipinski definition) is 4. The van der Waals surface area contributed by atoms with E-state index in [4.69, 9.17) is 14.4 Å². The van der Waals surface area contributed by atoms with Crippen LogP contribution in [0.4, 0.5) is 0 Å². The van der Waals surface area contributed by atoms with Gasteiger partial charge >= 0.3 is 0 Å². The van der Waals surface area contributed by atoms with Gasteiger partial charge in [-0.25, -0.2) is 9.97 Å². The van der Waals surface area contributed by atoms with Gasteiger partial charge in [0.05, 0.1) is 16.8 Å². The molecule has 0 saturated heterocycles. The van der Waals surface area contributed by atoms with Gasteiger partial charge in [0, 0.05) is 39.9 Å². The molecule has 1 aliphatic carbocycles. The van der Waals surface area contributed by atoms with E-state index < -0.39 is 5.41 Å². The van der Waals surface area contributed by atoms with E-state index in [0.29, 0.717) is 5.82 Å². The quantitative estimate of drug-likeness (QED) is 0.161. The van der Waals surface area contributed by atoms with Gasteiger partial charge in [0.25, 0.3) is 0 Å². The maximum Gasteiger partial charge on any atom is 0.160 e. The third kappa shape index (κ3) is 5.80. The van der Waals surface area contributed by atoms with E-state index in [9.17, 15) is 0 Å². The van der Waals surface area contributed by atoms with Gasteiger partial charge in [-0.3, -0.25) is 4.98 Å². The average Bonchev–Trinajstić information content (AvgIpc) is 3.88. The second-order valence-electron chi connectivity index (χ2n) is 16.0. The van der Waals surface area contributed by atoms with E-state index in [1.807, 2.05) is 36.7 Å². The van der Waals surface area contributed by atoms with Crippen molar-refractivity contribution in [2.75, 3.05) is 0 Å². The second-order valence-corrected chi connectivity index (χ2v) is 16.0. The van der Waals surface area contributed by atoms with Crippen LogP contribution >= 0.6 is 0 Å². The highest BCUT2D eigenvalue weighted by Crippen LogP contribution is 2.56. The molecule has 1 aliphatic rings. The predicted molar refractivity (Wildman–Crippen MR) is 252 cm³/mol. The molecule has 3 heterocycles. The lowest BCUT2D eigenvalue weighted by molar-refractivity contribution is 0.669. The van der Waals surface area contributed by atoms with Crippen LogP contribution in [0.2, 0.25) is 0 Å². The minimum Gasteiger partial charge on any atom is -0.456 e. The number of benzene rings is 8. The van der Waals surface area contributed by atoms with E-state index in [1.54, 1.807) is 0 Å². The van der Waals surface area contributed by atoms with Crippen molar-refractivity contribution in [3.05, 3.63) is 247 Å². The Hall–Kier alpha value is -8.21. The molecule has 11 aromatic rings. The van der Waals surface area contributed by atoms with Crippen LogP contribution in [0.15, 0.2) is 229 Å². The number of fused-ring (bicyclic) bond motifs is 6. The Morgan fingerprint density at radius 1 is 0.339 bits per heavy atom.